The van der Waals surface area contributed by atoms with Gasteiger partial charge in [0, 0.05) is 23.6 Å². The third-order valence-corrected chi connectivity index (χ3v) is 4.71. The highest BCUT2D eigenvalue weighted by Gasteiger charge is 2.26. The first-order valence-corrected chi connectivity index (χ1v) is 9.58. The van der Waals surface area contributed by atoms with Gasteiger partial charge in [-0.05, 0) is 49.4 Å². The molecular formula is C23H21N3O4. The highest BCUT2D eigenvalue weighted by atomic mass is 16.5. The van der Waals surface area contributed by atoms with Crippen LogP contribution in [0.1, 0.15) is 15.9 Å². The van der Waals surface area contributed by atoms with Gasteiger partial charge in [-0.1, -0.05) is 17.7 Å². The molecule has 1 aliphatic heterocycles. The number of nitrogens with one attached hydrogen (secondary N) is 1. The van der Waals surface area contributed by atoms with Crippen molar-refractivity contribution in [1.82, 2.24) is 4.98 Å². The molecule has 0 fully saturated rings. The Balaban J connectivity index is 1.47. The summed E-state index contributed by atoms with van der Waals surface area (Å²) in [5.41, 5.74) is 2.82. The largest absolute Gasteiger partial charge is 0.492 e. The fourth-order valence-corrected chi connectivity index (χ4v) is 3.12. The number of anilines is 2. The van der Waals surface area contributed by atoms with Crippen LogP contribution in [0.15, 0.2) is 67.0 Å². The van der Waals surface area contributed by atoms with E-state index < -0.39 is 0 Å². The van der Waals surface area contributed by atoms with Crippen LogP contribution in [0.5, 0.6) is 11.5 Å². The van der Waals surface area contributed by atoms with Crippen LogP contribution in [-0.4, -0.2) is 36.6 Å². The molecule has 4 rings (SSSR count). The molecule has 1 aliphatic rings. The molecule has 0 atom stereocenters. The maximum atomic E-state index is 12.5. The molecule has 0 aliphatic carbocycles. The van der Waals surface area contributed by atoms with E-state index in [1.807, 2.05) is 31.2 Å². The Morgan fingerprint density at radius 1 is 1.13 bits per heavy atom. The number of rotatable bonds is 6. The molecule has 1 N–H and O–H groups in total. The molecule has 7 nitrogen and oxygen atoms in total. The lowest BCUT2D eigenvalue weighted by Gasteiger charge is -2.29. The summed E-state index contributed by atoms with van der Waals surface area (Å²) in [7, 11) is 0. The molecule has 3 aromatic rings. The minimum Gasteiger partial charge on any atom is -0.492 e. The molecule has 152 valence electrons. The van der Waals surface area contributed by atoms with Crippen molar-refractivity contribution >= 4 is 23.2 Å². The smallest absolute Gasteiger partial charge is 0.265 e. The Hall–Kier alpha value is -3.87. The van der Waals surface area contributed by atoms with E-state index in [2.05, 4.69) is 10.3 Å². The standard InChI is InChI=1S/C23H21N3O4/c1-16-2-5-19(6-3-16)29-13-12-26-20-14-18(4-7-21(20)30-15-22(26)27)25-23(28)17-8-10-24-11-9-17/h2-11,14H,12-13,15H2,1H3,(H,25,28). The van der Waals surface area contributed by atoms with Crippen molar-refractivity contribution in [3.8, 4) is 11.5 Å². The minimum atomic E-state index is -0.255. The van der Waals surface area contributed by atoms with Gasteiger partial charge < -0.3 is 19.7 Å². The van der Waals surface area contributed by atoms with Gasteiger partial charge in [-0.3, -0.25) is 14.6 Å². The fourth-order valence-electron chi connectivity index (χ4n) is 3.12. The number of hydrogen-bond donors (Lipinski definition) is 1. The van der Waals surface area contributed by atoms with E-state index in [0.29, 0.717) is 35.8 Å². The van der Waals surface area contributed by atoms with Crippen LogP contribution in [-0.2, 0) is 4.79 Å². The highest BCUT2D eigenvalue weighted by Crippen LogP contribution is 2.34. The predicted molar refractivity (Wildman–Crippen MR) is 113 cm³/mol. The second kappa shape index (κ2) is 8.65. The van der Waals surface area contributed by atoms with E-state index in [1.165, 1.54) is 0 Å². The molecule has 7 heteroatoms. The van der Waals surface area contributed by atoms with Crippen LogP contribution in [0.25, 0.3) is 0 Å². The van der Waals surface area contributed by atoms with Crippen molar-refractivity contribution in [1.29, 1.82) is 0 Å². The number of ether oxygens (including phenoxy) is 2. The molecule has 2 heterocycles. The number of amides is 2. The van der Waals surface area contributed by atoms with Gasteiger partial charge in [0.1, 0.15) is 18.1 Å². The van der Waals surface area contributed by atoms with E-state index in [9.17, 15) is 9.59 Å². The lowest BCUT2D eigenvalue weighted by molar-refractivity contribution is -0.121. The first kappa shape index (κ1) is 19.4. The fraction of sp³-hybridized carbons (Fsp3) is 0.174. The second-order valence-electron chi connectivity index (χ2n) is 6.87. The molecule has 1 aromatic heterocycles. The normalized spacial score (nSPS) is 12.7. The van der Waals surface area contributed by atoms with Crippen LogP contribution in [0.2, 0.25) is 0 Å². The number of fused-ring (bicyclic) bond motifs is 1. The van der Waals surface area contributed by atoms with Gasteiger partial charge in [0.15, 0.2) is 6.61 Å². The Morgan fingerprint density at radius 3 is 2.67 bits per heavy atom. The molecule has 0 unspecified atom stereocenters. The summed E-state index contributed by atoms with van der Waals surface area (Å²) in [6.45, 7) is 2.69. The maximum Gasteiger partial charge on any atom is 0.265 e. The number of carbonyl (C=O) groups excluding carboxylic acids is 2. The average molecular weight is 403 g/mol. The van der Waals surface area contributed by atoms with E-state index in [0.717, 1.165) is 11.3 Å². The second-order valence-corrected chi connectivity index (χ2v) is 6.87. The topological polar surface area (TPSA) is 80.8 Å². The van der Waals surface area contributed by atoms with Crippen LogP contribution in [0, 0.1) is 6.92 Å². The highest BCUT2D eigenvalue weighted by molar-refractivity contribution is 6.05. The number of benzene rings is 2. The average Bonchev–Trinajstić information content (AvgIpc) is 2.77. The lowest BCUT2D eigenvalue weighted by Crippen LogP contribution is -2.41. The van der Waals surface area contributed by atoms with Crippen LogP contribution in [0.3, 0.4) is 0 Å². The summed E-state index contributed by atoms with van der Waals surface area (Å²) in [5.74, 6) is 0.925. The Kier molecular flexibility index (Phi) is 5.61. The monoisotopic (exact) mass is 403 g/mol. The zero-order chi connectivity index (χ0) is 20.9. The predicted octanol–water partition coefficient (Wildman–Crippen LogP) is 3.45. The molecule has 30 heavy (non-hydrogen) atoms. The molecule has 2 aromatic carbocycles. The van der Waals surface area contributed by atoms with Gasteiger partial charge >= 0.3 is 0 Å². The van der Waals surface area contributed by atoms with Gasteiger partial charge in [-0.2, -0.15) is 0 Å². The van der Waals surface area contributed by atoms with Crippen molar-refractivity contribution in [3.63, 3.8) is 0 Å². The van der Waals surface area contributed by atoms with Gasteiger partial charge in [-0.25, -0.2) is 0 Å². The van der Waals surface area contributed by atoms with Crippen molar-refractivity contribution in [2.75, 3.05) is 30.0 Å². The Bertz CT molecular complexity index is 1050. The molecule has 2 amide bonds. The number of carbonyl (C=O) groups is 2. The zero-order valence-corrected chi connectivity index (χ0v) is 16.5. The summed E-state index contributed by atoms with van der Waals surface area (Å²) >= 11 is 0. The summed E-state index contributed by atoms with van der Waals surface area (Å²) in [6, 6.07) is 16.2. The number of nitrogens with zero attached hydrogens (tertiary/aromatic N) is 2. The first-order chi connectivity index (χ1) is 14.6. The third kappa shape index (κ3) is 4.41. The number of pyridine rings is 1. The zero-order valence-electron chi connectivity index (χ0n) is 16.5. The summed E-state index contributed by atoms with van der Waals surface area (Å²) < 4.78 is 11.3. The summed E-state index contributed by atoms with van der Waals surface area (Å²) in [6.07, 6.45) is 3.12. The molecule has 0 bridgehead atoms. The summed E-state index contributed by atoms with van der Waals surface area (Å²) in [5, 5.41) is 2.84. The van der Waals surface area contributed by atoms with Crippen LogP contribution in [0.4, 0.5) is 11.4 Å². The lowest BCUT2D eigenvalue weighted by atomic mass is 10.2. The molecule has 0 saturated heterocycles. The molecule has 0 spiro atoms. The van der Waals surface area contributed by atoms with Crippen molar-refractivity contribution in [2.24, 2.45) is 0 Å². The number of aromatic nitrogens is 1. The summed E-state index contributed by atoms with van der Waals surface area (Å²) in [4.78, 5) is 30.4. The Morgan fingerprint density at radius 2 is 1.90 bits per heavy atom. The van der Waals surface area contributed by atoms with E-state index in [4.69, 9.17) is 9.47 Å². The minimum absolute atomic E-state index is 0.0275. The number of aryl methyl sites for hydroxylation is 1. The van der Waals surface area contributed by atoms with Crippen molar-refractivity contribution in [3.05, 3.63) is 78.1 Å². The molecular weight excluding hydrogens is 382 g/mol. The van der Waals surface area contributed by atoms with Crippen molar-refractivity contribution in [2.45, 2.75) is 6.92 Å². The molecule has 0 saturated carbocycles. The van der Waals surface area contributed by atoms with Gasteiger partial charge in [0.25, 0.3) is 11.8 Å². The van der Waals surface area contributed by atoms with Gasteiger partial charge in [0.2, 0.25) is 0 Å². The van der Waals surface area contributed by atoms with E-state index >= 15 is 0 Å². The third-order valence-electron chi connectivity index (χ3n) is 4.71. The van der Waals surface area contributed by atoms with E-state index in [-0.39, 0.29) is 18.4 Å². The van der Waals surface area contributed by atoms with Gasteiger partial charge in [-0.15, -0.1) is 0 Å². The molecule has 0 radical (unpaired) electrons. The maximum absolute atomic E-state index is 12.5. The van der Waals surface area contributed by atoms with Gasteiger partial charge in [0.05, 0.1) is 12.2 Å². The first-order valence-electron chi connectivity index (χ1n) is 9.58. The number of hydrogen-bond acceptors (Lipinski definition) is 5. The van der Waals surface area contributed by atoms with E-state index in [1.54, 1.807) is 47.6 Å². The SMILES string of the molecule is Cc1ccc(OCCN2C(=O)COc3ccc(NC(=O)c4ccncc4)cc32)cc1. The Labute approximate surface area is 174 Å². The van der Waals surface area contributed by atoms with Crippen molar-refractivity contribution < 1.29 is 19.1 Å². The van der Waals surface area contributed by atoms with Crippen LogP contribution < -0.4 is 19.7 Å². The van der Waals surface area contributed by atoms with Crippen LogP contribution >= 0.6 is 0 Å². The quantitative estimate of drug-likeness (QED) is 0.682.